The van der Waals surface area contributed by atoms with Crippen molar-refractivity contribution in [2.75, 3.05) is 95.5 Å². The molecule has 18 heteroatoms. The number of piperidine rings is 3. The minimum absolute atomic E-state index is 0.0728. The zero-order chi connectivity index (χ0) is 54.0. The van der Waals surface area contributed by atoms with Gasteiger partial charge in [0.15, 0.2) is 0 Å². The lowest BCUT2D eigenvalue weighted by atomic mass is 9.71. The van der Waals surface area contributed by atoms with Crippen molar-refractivity contribution < 1.29 is 33.5 Å². The minimum atomic E-state index is -1.01. The number of rotatable bonds is 15. The molecule has 4 N–H and O–H groups in total. The number of aromatic nitrogens is 1. The summed E-state index contributed by atoms with van der Waals surface area (Å²) < 4.78 is 5.72. The molecule has 5 saturated heterocycles. The number of pyridine rings is 1. The number of anilines is 2. The van der Waals surface area contributed by atoms with E-state index >= 15 is 0 Å². The molecule has 18 nitrogen and oxygen atoms in total. The molecule has 0 saturated carbocycles. The number of imide groups is 2. The number of nitrogens with zero attached hydrogens (tertiary/aromatic N) is 6. The van der Waals surface area contributed by atoms with Crippen molar-refractivity contribution in [1.82, 2.24) is 40.1 Å². The summed E-state index contributed by atoms with van der Waals surface area (Å²) in [5, 5.41) is 8.72. The number of hydrogen-bond donors (Lipinski definition) is 4. The number of carbonyl (C=O) groups excluding carboxylic acids is 6. The highest BCUT2D eigenvalue weighted by molar-refractivity contribution is 6.25. The Morgan fingerprint density at radius 1 is 0.779 bits per heavy atom. The van der Waals surface area contributed by atoms with E-state index in [2.05, 4.69) is 82.7 Å². The Kier molecular flexibility index (Phi) is 16.1. The van der Waals surface area contributed by atoms with Crippen LogP contribution in [0.1, 0.15) is 117 Å². The van der Waals surface area contributed by atoms with E-state index < -0.39 is 29.7 Å². The van der Waals surface area contributed by atoms with Crippen LogP contribution in [0.25, 0.3) is 11.1 Å². The molecule has 1 unspecified atom stereocenters. The van der Waals surface area contributed by atoms with Crippen molar-refractivity contribution in [1.29, 1.82) is 0 Å². The Labute approximate surface area is 450 Å². The lowest BCUT2D eigenvalue weighted by Gasteiger charge is -2.47. The van der Waals surface area contributed by atoms with Crippen LogP contribution in [0, 0.1) is 26.2 Å². The first-order valence-electron chi connectivity index (χ1n) is 27.8. The van der Waals surface area contributed by atoms with Gasteiger partial charge in [0.2, 0.25) is 17.7 Å². The highest BCUT2D eigenvalue weighted by Crippen LogP contribution is 2.42. The number of benzene rings is 3. The van der Waals surface area contributed by atoms with E-state index in [1.807, 2.05) is 32.9 Å². The number of aromatic amines is 1. The average molecular weight is 1050 g/mol. The zero-order valence-corrected chi connectivity index (χ0v) is 45.1. The first-order chi connectivity index (χ1) is 37.2. The van der Waals surface area contributed by atoms with Gasteiger partial charge in [-0.15, -0.1) is 0 Å². The summed E-state index contributed by atoms with van der Waals surface area (Å²) in [5.74, 6) is -2.07. The van der Waals surface area contributed by atoms with Crippen molar-refractivity contribution in [3.63, 3.8) is 0 Å². The van der Waals surface area contributed by atoms with Gasteiger partial charge in [0, 0.05) is 126 Å². The van der Waals surface area contributed by atoms with E-state index in [1.54, 1.807) is 18.2 Å². The van der Waals surface area contributed by atoms with Crippen molar-refractivity contribution in [3.8, 4) is 11.1 Å². The van der Waals surface area contributed by atoms with Gasteiger partial charge < -0.3 is 30.2 Å². The second-order valence-corrected chi connectivity index (χ2v) is 22.2. The summed E-state index contributed by atoms with van der Waals surface area (Å²) in [6, 6.07) is 19.2. The SMILES string of the molecule is CCN(c1cc(-c2ccc(CN3CCN(CC(=O)N4CCC5(CCN(CNc6cccc7c6C(=O)N(C6CCC(=O)NC6=O)C7=O)CC5)CC4)CC3)cc2)cc(C(=O)NCc2c(C)cc(C)[nH]c2=O)c1C)C1CCOCC1. The van der Waals surface area contributed by atoms with Crippen LogP contribution >= 0.6 is 0 Å². The molecule has 7 heterocycles. The maximum atomic E-state index is 14.1. The molecule has 5 fully saturated rings. The fourth-order valence-electron chi connectivity index (χ4n) is 12.6. The summed E-state index contributed by atoms with van der Waals surface area (Å²) in [6.07, 6.45) is 6.05. The predicted molar refractivity (Wildman–Crippen MR) is 294 cm³/mol. The predicted octanol–water partition coefficient (Wildman–Crippen LogP) is 5.20. The number of piperazine rings is 1. The molecule has 0 radical (unpaired) electrons. The van der Waals surface area contributed by atoms with Crippen molar-refractivity contribution in [2.45, 2.75) is 104 Å². The third kappa shape index (κ3) is 11.6. The molecule has 1 spiro atoms. The number of carbonyl (C=O) groups is 6. The van der Waals surface area contributed by atoms with Crippen LogP contribution in [0.3, 0.4) is 0 Å². The Morgan fingerprint density at radius 3 is 2.17 bits per heavy atom. The molecule has 0 bridgehead atoms. The van der Waals surface area contributed by atoms with Crippen LogP contribution in [-0.4, -0.2) is 162 Å². The molecule has 4 aromatic rings. The monoisotopic (exact) mass is 1050 g/mol. The second-order valence-electron chi connectivity index (χ2n) is 22.2. The largest absolute Gasteiger partial charge is 0.381 e. The van der Waals surface area contributed by atoms with Crippen LogP contribution in [-0.2, 0) is 32.2 Å². The van der Waals surface area contributed by atoms with Gasteiger partial charge >= 0.3 is 0 Å². The van der Waals surface area contributed by atoms with Gasteiger partial charge in [-0.05, 0) is 136 Å². The number of nitrogens with one attached hydrogen (secondary N) is 4. The summed E-state index contributed by atoms with van der Waals surface area (Å²) >= 11 is 0. The van der Waals surface area contributed by atoms with Crippen molar-refractivity contribution >= 4 is 46.8 Å². The maximum absolute atomic E-state index is 14.1. The Bertz CT molecular complexity index is 2960. The van der Waals surface area contributed by atoms with Gasteiger partial charge in [-0.25, -0.2) is 0 Å². The smallest absolute Gasteiger partial charge is 0.264 e. The Balaban J connectivity index is 0.686. The zero-order valence-electron chi connectivity index (χ0n) is 45.1. The molecule has 0 aliphatic carbocycles. The third-order valence-corrected chi connectivity index (χ3v) is 17.4. The number of fused-ring (bicyclic) bond motifs is 1. The summed E-state index contributed by atoms with van der Waals surface area (Å²) in [4.78, 5) is 107. The average Bonchev–Trinajstić information content (AvgIpc) is 3.78. The quantitative estimate of drug-likeness (QED) is 0.114. The number of hydrogen-bond acceptors (Lipinski definition) is 13. The van der Waals surface area contributed by atoms with Crippen molar-refractivity contribution in [2.24, 2.45) is 5.41 Å². The van der Waals surface area contributed by atoms with Gasteiger partial charge in [-0.2, -0.15) is 0 Å². The fourth-order valence-corrected chi connectivity index (χ4v) is 12.6. The second kappa shape index (κ2) is 23.1. The minimum Gasteiger partial charge on any atom is -0.381 e. The normalized spacial score (nSPS) is 20.6. The van der Waals surface area contributed by atoms with E-state index in [9.17, 15) is 33.6 Å². The van der Waals surface area contributed by atoms with Crippen LogP contribution in [0.15, 0.2) is 65.5 Å². The molecular weight excluding hydrogens is 977 g/mol. The van der Waals surface area contributed by atoms with Gasteiger partial charge in [0.1, 0.15) is 6.04 Å². The molecule has 1 aromatic heterocycles. The number of H-pyrrole nitrogens is 1. The van der Waals surface area contributed by atoms with E-state index in [1.165, 1.54) is 5.56 Å². The molecule has 77 heavy (non-hydrogen) atoms. The molecule has 6 aliphatic rings. The van der Waals surface area contributed by atoms with Crippen molar-refractivity contribution in [3.05, 3.63) is 116 Å². The van der Waals surface area contributed by atoms with Gasteiger partial charge in [-0.3, -0.25) is 58.5 Å². The number of ether oxygens (including phenoxy) is 1. The molecule has 1 atom stereocenters. The molecule has 6 amide bonds. The highest BCUT2D eigenvalue weighted by atomic mass is 16.5. The molecule has 10 rings (SSSR count). The standard InChI is InChI=1S/C59H74N10O8/c1-5-68(44-15-29-77-30-16-44)50-33-43(32-46(40(50)4)54(72)60-34-47-38(2)31-39(3)62-55(47)73)42-11-9-41(10-12-42)35-64-25-27-65(28-26-64)36-52(71)67-23-19-59(20-24-67)17-21-66(22-18-59)37-61-48-8-6-7-45-53(48)58(76)69(57(45)75)49-13-14-51(70)63-56(49)74/h6-12,31-33,44,49,61H,5,13-30,34-37H2,1-4H3,(H,60,72)(H,62,73)(H,63,70,74). The highest BCUT2D eigenvalue weighted by Gasteiger charge is 2.46. The summed E-state index contributed by atoms with van der Waals surface area (Å²) in [5.41, 5.74) is 9.02. The maximum Gasteiger partial charge on any atom is 0.264 e. The van der Waals surface area contributed by atoms with E-state index in [0.29, 0.717) is 49.3 Å². The van der Waals surface area contributed by atoms with Crippen LogP contribution in [0.5, 0.6) is 0 Å². The van der Waals surface area contributed by atoms with E-state index in [4.69, 9.17) is 4.74 Å². The molecular formula is C59H74N10O8. The van der Waals surface area contributed by atoms with E-state index in [-0.39, 0.29) is 53.3 Å². The van der Waals surface area contributed by atoms with Crippen LogP contribution in [0.2, 0.25) is 0 Å². The summed E-state index contributed by atoms with van der Waals surface area (Å²) in [6.45, 7) is 18.7. The molecule has 408 valence electrons. The van der Waals surface area contributed by atoms with Gasteiger partial charge in [0.05, 0.1) is 24.3 Å². The first-order valence-corrected chi connectivity index (χ1v) is 27.8. The summed E-state index contributed by atoms with van der Waals surface area (Å²) in [7, 11) is 0. The van der Waals surface area contributed by atoms with Gasteiger partial charge in [-0.1, -0.05) is 30.3 Å². The Morgan fingerprint density at radius 2 is 1.48 bits per heavy atom. The lowest BCUT2D eigenvalue weighted by molar-refractivity contribution is -0.137. The lowest BCUT2D eigenvalue weighted by Crippen LogP contribution is -2.54. The Hall–Kier alpha value is -6.73. The number of aryl methyl sites for hydroxylation is 2. The van der Waals surface area contributed by atoms with Crippen LogP contribution < -0.4 is 26.4 Å². The first kappa shape index (κ1) is 53.7. The number of amides is 6. The number of likely N-dealkylation sites (tertiary alicyclic amines) is 2. The van der Waals surface area contributed by atoms with E-state index in [0.717, 1.165) is 143 Å². The topological polar surface area (TPSA) is 200 Å². The third-order valence-electron chi connectivity index (χ3n) is 17.4. The van der Waals surface area contributed by atoms with Crippen LogP contribution in [0.4, 0.5) is 11.4 Å². The fraction of sp³-hybridized carbons (Fsp3) is 0.508. The van der Waals surface area contributed by atoms with Gasteiger partial charge in [0.25, 0.3) is 23.3 Å². The molecule has 6 aliphatic heterocycles. The molecule has 3 aromatic carbocycles.